The Bertz CT molecular complexity index is 662. The molecular formula is C15H20N4O3. The maximum absolute atomic E-state index is 11.0. The van der Waals surface area contributed by atoms with Gasteiger partial charge in [0.1, 0.15) is 18.0 Å². The minimum atomic E-state index is -0.990. The predicted molar refractivity (Wildman–Crippen MR) is 81.6 cm³/mol. The third-order valence-electron chi connectivity index (χ3n) is 3.98. The van der Waals surface area contributed by atoms with Crippen molar-refractivity contribution in [3.05, 3.63) is 30.2 Å². The highest BCUT2D eigenvalue weighted by Crippen LogP contribution is 2.15. The standard InChI is InChI=1S/C15H20N4O3/c1-17-4-6-18(7-5-17)8-9-22-12-2-3-19-13(15(20)21)11-16-14(19)10-12/h2-3,10-11H,4-9H2,1H3,(H,20,21). The number of hydrogen-bond donors (Lipinski definition) is 1. The highest BCUT2D eigenvalue weighted by molar-refractivity contribution is 5.86. The normalized spacial score (nSPS) is 17.0. The molecule has 0 unspecified atom stereocenters. The molecule has 0 bridgehead atoms. The van der Waals surface area contributed by atoms with Crippen molar-refractivity contribution in [1.82, 2.24) is 19.2 Å². The number of fused-ring (bicyclic) bond motifs is 1. The van der Waals surface area contributed by atoms with Gasteiger partial charge >= 0.3 is 5.97 Å². The zero-order valence-electron chi connectivity index (χ0n) is 12.6. The van der Waals surface area contributed by atoms with E-state index in [1.54, 1.807) is 18.3 Å². The van der Waals surface area contributed by atoms with Crippen molar-refractivity contribution in [3.63, 3.8) is 0 Å². The second-order valence-electron chi connectivity index (χ2n) is 5.53. The molecule has 1 fully saturated rings. The summed E-state index contributed by atoms with van der Waals surface area (Å²) in [5.74, 6) is -0.277. The zero-order valence-corrected chi connectivity index (χ0v) is 12.6. The van der Waals surface area contributed by atoms with Crippen molar-refractivity contribution >= 4 is 11.6 Å². The van der Waals surface area contributed by atoms with E-state index in [0.717, 1.165) is 32.7 Å². The first-order valence-corrected chi connectivity index (χ1v) is 7.37. The Balaban J connectivity index is 1.57. The molecule has 22 heavy (non-hydrogen) atoms. The number of hydrogen-bond acceptors (Lipinski definition) is 5. The molecule has 2 aromatic heterocycles. The van der Waals surface area contributed by atoms with Gasteiger partial charge in [-0.3, -0.25) is 9.30 Å². The number of aromatic carboxylic acids is 1. The number of nitrogens with zero attached hydrogens (tertiary/aromatic N) is 4. The number of rotatable bonds is 5. The van der Waals surface area contributed by atoms with Gasteiger partial charge in [-0.05, 0) is 13.1 Å². The van der Waals surface area contributed by atoms with Crippen LogP contribution >= 0.6 is 0 Å². The lowest BCUT2D eigenvalue weighted by molar-refractivity contribution is 0.0689. The smallest absolute Gasteiger partial charge is 0.354 e. The number of aromatic nitrogens is 2. The van der Waals surface area contributed by atoms with Gasteiger partial charge in [-0.15, -0.1) is 0 Å². The van der Waals surface area contributed by atoms with Gasteiger partial charge in [-0.1, -0.05) is 0 Å². The minimum Gasteiger partial charge on any atom is -0.492 e. The molecule has 1 aliphatic heterocycles. The summed E-state index contributed by atoms with van der Waals surface area (Å²) < 4.78 is 7.29. The number of imidazole rings is 1. The maximum Gasteiger partial charge on any atom is 0.354 e. The Kier molecular flexibility index (Phi) is 4.26. The summed E-state index contributed by atoms with van der Waals surface area (Å²) in [5, 5.41) is 9.04. The van der Waals surface area contributed by atoms with Crippen LogP contribution in [0.3, 0.4) is 0 Å². The first-order valence-electron chi connectivity index (χ1n) is 7.37. The molecular weight excluding hydrogens is 284 g/mol. The van der Waals surface area contributed by atoms with Crippen LogP contribution in [0.4, 0.5) is 0 Å². The molecule has 7 heteroatoms. The van der Waals surface area contributed by atoms with Crippen molar-refractivity contribution in [2.45, 2.75) is 0 Å². The molecule has 1 saturated heterocycles. The molecule has 0 amide bonds. The van der Waals surface area contributed by atoms with Gasteiger partial charge < -0.3 is 14.7 Å². The molecule has 1 aliphatic rings. The largest absolute Gasteiger partial charge is 0.492 e. The van der Waals surface area contributed by atoms with Crippen LogP contribution in [-0.4, -0.2) is 76.6 Å². The highest BCUT2D eigenvalue weighted by Gasteiger charge is 2.14. The maximum atomic E-state index is 11.0. The first-order chi connectivity index (χ1) is 10.6. The Morgan fingerprint density at radius 1 is 1.36 bits per heavy atom. The van der Waals surface area contributed by atoms with Crippen molar-refractivity contribution in [2.24, 2.45) is 0 Å². The number of carbonyl (C=O) groups is 1. The fraction of sp³-hybridized carbons (Fsp3) is 0.467. The summed E-state index contributed by atoms with van der Waals surface area (Å²) in [7, 11) is 2.14. The van der Waals surface area contributed by atoms with Gasteiger partial charge in [-0.2, -0.15) is 0 Å². The fourth-order valence-corrected chi connectivity index (χ4v) is 2.57. The van der Waals surface area contributed by atoms with E-state index in [9.17, 15) is 4.79 Å². The lowest BCUT2D eigenvalue weighted by Gasteiger charge is -2.32. The molecule has 0 aliphatic carbocycles. The van der Waals surface area contributed by atoms with Gasteiger partial charge in [0.05, 0.1) is 6.20 Å². The van der Waals surface area contributed by atoms with Gasteiger partial charge in [0.25, 0.3) is 0 Å². The van der Waals surface area contributed by atoms with Crippen LogP contribution in [-0.2, 0) is 0 Å². The lowest BCUT2D eigenvalue weighted by atomic mass is 10.3. The van der Waals surface area contributed by atoms with Crippen molar-refractivity contribution in [3.8, 4) is 5.75 Å². The quantitative estimate of drug-likeness (QED) is 0.875. The molecule has 0 spiro atoms. The average Bonchev–Trinajstić information content (AvgIpc) is 2.92. The highest BCUT2D eigenvalue weighted by atomic mass is 16.5. The molecule has 2 aromatic rings. The molecule has 1 N–H and O–H groups in total. The van der Waals surface area contributed by atoms with E-state index in [2.05, 4.69) is 21.8 Å². The summed E-state index contributed by atoms with van der Waals surface area (Å²) >= 11 is 0. The molecule has 3 heterocycles. The van der Waals surface area contributed by atoms with Crippen molar-refractivity contribution < 1.29 is 14.6 Å². The van der Waals surface area contributed by atoms with E-state index in [0.29, 0.717) is 18.0 Å². The number of pyridine rings is 1. The average molecular weight is 304 g/mol. The van der Waals surface area contributed by atoms with E-state index in [4.69, 9.17) is 9.84 Å². The van der Waals surface area contributed by atoms with Gasteiger partial charge in [-0.25, -0.2) is 9.78 Å². The molecule has 7 nitrogen and oxygen atoms in total. The summed E-state index contributed by atoms with van der Waals surface area (Å²) in [5.41, 5.74) is 0.730. The van der Waals surface area contributed by atoms with Crippen LogP contribution in [0.1, 0.15) is 10.5 Å². The molecule has 0 aromatic carbocycles. The lowest BCUT2D eigenvalue weighted by Crippen LogP contribution is -2.45. The third kappa shape index (κ3) is 3.20. The Labute approximate surface area is 128 Å². The van der Waals surface area contributed by atoms with Gasteiger partial charge in [0, 0.05) is 45.0 Å². The number of piperazine rings is 1. The molecule has 0 atom stereocenters. The summed E-state index contributed by atoms with van der Waals surface area (Å²) in [6.07, 6.45) is 3.03. The van der Waals surface area contributed by atoms with Crippen LogP contribution in [0.5, 0.6) is 5.75 Å². The van der Waals surface area contributed by atoms with Crippen LogP contribution in [0.15, 0.2) is 24.5 Å². The van der Waals surface area contributed by atoms with Crippen molar-refractivity contribution in [2.75, 3.05) is 46.4 Å². The van der Waals surface area contributed by atoms with E-state index >= 15 is 0 Å². The molecule has 0 saturated carbocycles. The van der Waals surface area contributed by atoms with E-state index in [1.807, 2.05) is 0 Å². The summed E-state index contributed by atoms with van der Waals surface area (Å²) in [6.45, 7) is 5.85. The van der Waals surface area contributed by atoms with Gasteiger partial charge in [0.15, 0.2) is 5.69 Å². The van der Waals surface area contributed by atoms with E-state index < -0.39 is 5.97 Å². The van der Waals surface area contributed by atoms with Crippen LogP contribution in [0.25, 0.3) is 5.65 Å². The van der Waals surface area contributed by atoms with Crippen LogP contribution in [0, 0.1) is 0 Å². The summed E-state index contributed by atoms with van der Waals surface area (Å²) in [6, 6.07) is 3.53. The first kappa shape index (κ1) is 14.8. The second kappa shape index (κ2) is 6.33. The Morgan fingerprint density at radius 3 is 2.86 bits per heavy atom. The molecule has 3 rings (SSSR count). The van der Waals surface area contributed by atoms with Crippen LogP contribution < -0.4 is 4.74 Å². The predicted octanol–water partition coefficient (Wildman–Crippen LogP) is 0.659. The summed E-state index contributed by atoms with van der Waals surface area (Å²) in [4.78, 5) is 19.8. The monoisotopic (exact) mass is 304 g/mol. The Hall–Kier alpha value is -2.12. The molecule has 0 radical (unpaired) electrons. The SMILES string of the molecule is CN1CCN(CCOc2ccn3c(C(=O)O)cnc3c2)CC1. The second-order valence-corrected chi connectivity index (χ2v) is 5.53. The van der Waals surface area contributed by atoms with E-state index in [1.165, 1.54) is 10.6 Å². The third-order valence-corrected chi connectivity index (χ3v) is 3.98. The van der Waals surface area contributed by atoms with Gasteiger partial charge in [0.2, 0.25) is 0 Å². The number of likely N-dealkylation sites (N-methyl/N-ethyl adjacent to an activating group) is 1. The molecule has 118 valence electrons. The van der Waals surface area contributed by atoms with Crippen LogP contribution in [0.2, 0.25) is 0 Å². The minimum absolute atomic E-state index is 0.152. The number of carboxylic acids is 1. The number of carboxylic acid groups (broad SMARTS) is 1. The zero-order chi connectivity index (χ0) is 15.5. The van der Waals surface area contributed by atoms with Crippen molar-refractivity contribution in [1.29, 1.82) is 0 Å². The fourth-order valence-electron chi connectivity index (χ4n) is 2.57. The number of ether oxygens (including phenoxy) is 1. The van der Waals surface area contributed by atoms with E-state index in [-0.39, 0.29) is 5.69 Å². The Morgan fingerprint density at radius 2 is 2.14 bits per heavy atom. The topological polar surface area (TPSA) is 70.3 Å².